The Hall–Kier alpha value is -1.84. The Labute approximate surface area is 88.4 Å². The monoisotopic (exact) mass is 203 g/mol. The van der Waals surface area contributed by atoms with Crippen molar-refractivity contribution in [2.24, 2.45) is 0 Å². The average Bonchev–Trinajstić information content (AvgIpc) is 2.81. The lowest BCUT2D eigenvalue weighted by Crippen LogP contribution is -2.00. The van der Waals surface area contributed by atoms with Crippen LogP contribution in [0.25, 0.3) is 11.5 Å². The number of aromatic nitrogens is 2. The van der Waals surface area contributed by atoms with E-state index in [2.05, 4.69) is 15.3 Å². The van der Waals surface area contributed by atoms with Crippen LogP contribution in [-0.2, 0) is 6.42 Å². The summed E-state index contributed by atoms with van der Waals surface area (Å²) in [5, 5.41) is 3.01. The van der Waals surface area contributed by atoms with Crippen LogP contribution in [-0.4, -0.2) is 17.0 Å². The Morgan fingerprint density at radius 1 is 1.40 bits per heavy atom. The zero-order valence-electron chi connectivity index (χ0n) is 8.82. The van der Waals surface area contributed by atoms with Crippen molar-refractivity contribution in [2.45, 2.75) is 13.3 Å². The molecule has 1 N–H and O–H groups in total. The van der Waals surface area contributed by atoms with E-state index in [1.54, 1.807) is 6.26 Å². The molecule has 0 saturated carbocycles. The molecule has 0 unspecified atom stereocenters. The van der Waals surface area contributed by atoms with Gasteiger partial charge in [0.15, 0.2) is 5.76 Å². The molecule has 78 valence electrons. The Bertz CT molecular complexity index is 415. The number of nitrogens with zero attached hydrogens (tertiary/aromatic N) is 2. The van der Waals surface area contributed by atoms with E-state index in [1.165, 1.54) is 0 Å². The summed E-state index contributed by atoms with van der Waals surface area (Å²) in [6.07, 6.45) is 2.45. The Balaban J connectivity index is 2.47. The van der Waals surface area contributed by atoms with Crippen molar-refractivity contribution >= 4 is 5.82 Å². The van der Waals surface area contributed by atoms with E-state index in [0.717, 1.165) is 29.5 Å². The van der Waals surface area contributed by atoms with Gasteiger partial charge < -0.3 is 9.73 Å². The topological polar surface area (TPSA) is 51.0 Å². The second-order valence-corrected chi connectivity index (χ2v) is 3.14. The third-order valence-electron chi connectivity index (χ3n) is 2.12. The van der Waals surface area contributed by atoms with Crippen LogP contribution in [0.15, 0.2) is 28.9 Å². The second-order valence-electron chi connectivity index (χ2n) is 3.14. The number of nitrogens with one attached hydrogen (secondary N) is 1. The molecule has 4 heteroatoms. The first-order chi connectivity index (χ1) is 7.33. The highest BCUT2D eigenvalue weighted by Crippen LogP contribution is 2.20. The Morgan fingerprint density at radius 3 is 2.87 bits per heavy atom. The van der Waals surface area contributed by atoms with E-state index >= 15 is 0 Å². The van der Waals surface area contributed by atoms with Crippen LogP contribution in [0.1, 0.15) is 12.7 Å². The van der Waals surface area contributed by atoms with Gasteiger partial charge in [0.05, 0.1) is 6.26 Å². The lowest BCUT2D eigenvalue weighted by molar-refractivity contribution is 0.579. The van der Waals surface area contributed by atoms with Gasteiger partial charge in [-0.05, 0) is 12.1 Å². The normalized spacial score (nSPS) is 10.3. The molecule has 2 aromatic heterocycles. The molecule has 0 aliphatic rings. The molecule has 0 aliphatic heterocycles. The average molecular weight is 203 g/mol. The summed E-state index contributed by atoms with van der Waals surface area (Å²) < 4.78 is 5.30. The molecule has 0 amide bonds. The summed E-state index contributed by atoms with van der Waals surface area (Å²) in [6, 6.07) is 5.61. The molecule has 0 bridgehead atoms. The summed E-state index contributed by atoms with van der Waals surface area (Å²) in [5.41, 5.74) is 0.816. The fourth-order valence-electron chi connectivity index (χ4n) is 1.33. The molecule has 2 rings (SSSR count). The molecule has 0 fully saturated rings. The number of rotatable bonds is 3. The van der Waals surface area contributed by atoms with Crippen LogP contribution < -0.4 is 5.32 Å². The van der Waals surface area contributed by atoms with Gasteiger partial charge in [0.2, 0.25) is 0 Å². The highest BCUT2D eigenvalue weighted by molar-refractivity contribution is 5.56. The van der Waals surface area contributed by atoms with Gasteiger partial charge in [-0.15, -0.1) is 0 Å². The first-order valence-electron chi connectivity index (χ1n) is 4.93. The second kappa shape index (κ2) is 4.13. The number of furan rings is 1. The highest BCUT2D eigenvalue weighted by Gasteiger charge is 2.06. The van der Waals surface area contributed by atoms with Crippen LogP contribution in [0.4, 0.5) is 5.82 Å². The van der Waals surface area contributed by atoms with E-state index < -0.39 is 0 Å². The van der Waals surface area contributed by atoms with E-state index in [-0.39, 0.29) is 0 Å². The standard InChI is InChI=1S/C11H13N3O/c1-3-10-13-8(7-11(12-2)14-10)9-5-4-6-15-9/h4-7H,3H2,1-2H3,(H,12,13,14). The van der Waals surface area contributed by atoms with Crippen molar-refractivity contribution in [3.63, 3.8) is 0 Å². The summed E-state index contributed by atoms with van der Waals surface area (Å²) in [5.74, 6) is 2.39. The van der Waals surface area contributed by atoms with Crippen molar-refractivity contribution in [1.29, 1.82) is 0 Å². The van der Waals surface area contributed by atoms with Crippen LogP contribution >= 0.6 is 0 Å². The molecular formula is C11H13N3O. The van der Waals surface area contributed by atoms with Gasteiger partial charge in [0.25, 0.3) is 0 Å². The number of anilines is 1. The molecule has 0 radical (unpaired) electrons. The molecule has 0 aliphatic carbocycles. The van der Waals surface area contributed by atoms with Gasteiger partial charge in [-0.2, -0.15) is 0 Å². The van der Waals surface area contributed by atoms with Gasteiger partial charge in [-0.25, -0.2) is 9.97 Å². The van der Waals surface area contributed by atoms with Crippen LogP contribution in [0, 0.1) is 0 Å². The molecular weight excluding hydrogens is 190 g/mol. The van der Waals surface area contributed by atoms with Crippen molar-refractivity contribution in [3.05, 3.63) is 30.3 Å². The van der Waals surface area contributed by atoms with Crippen molar-refractivity contribution in [2.75, 3.05) is 12.4 Å². The summed E-state index contributed by atoms with van der Waals surface area (Å²) >= 11 is 0. The van der Waals surface area contributed by atoms with Gasteiger partial charge in [0.1, 0.15) is 17.3 Å². The predicted molar refractivity (Wildman–Crippen MR) is 58.7 cm³/mol. The number of aryl methyl sites for hydroxylation is 1. The van der Waals surface area contributed by atoms with Crippen molar-refractivity contribution in [1.82, 2.24) is 9.97 Å². The lowest BCUT2D eigenvalue weighted by Gasteiger charge is -2.04. The molecule has 15 heavy (non-hydrogen) atoms. The minimum absolute atomic E-state index is 0.767. The smallest absolute Gasteiger partial charge is 0.152 e. The van der Waals surface area contributed by atoms with Gasteiger partial charge >= 0.3 is 0 Å². The third-order valence-corrected chi connectivity index (χ3v) is 2.12. The van der Waals surface area contributed by atoms with E-state index in [9.17, 15) is 0 Å². The molecule has 0 spiro atoms. The molecule has 0 aromatic carbocycles. The van der Waals surface area contributed by atoms with Gasteiger partial charge in [-0.1, -0.05) is 6.92 Å². The number of hydrogen-bond donors (Lipinski definition) is 1. The van der Waals surface area contributed by atoms with Gasteiger partial charge in [-0.3, -0.25) is 0 Å². The molecule has 2 heterocycles. The molecule has 2 aromatic rings. The van der Waals surface area contributed by atoms with Crippen molar-refractivity contribution < 1.29 is 4.42 Å². The maximum absolute atomic E-state index is 5.30. The lowest BCUT2D eigenvalue weighted by atomic mass is 10.3. The molecule has 0 atom stereocenters. The van der Waals surface area contributed by atoms with E-state index in [0.29, 0.717) is 0 Å². The summed E-state index contributed by atoms with van der Waals surface area (Å²) in [6.45, 7) is 2.03. The largest absolute Gasteiger partial charge is 0.463 e. The SMILES string of the molecule is CCc1nc(NC)cc(-c2ccco2)n1. The highest BCUT2D eigenvalue weighted by atomic mass is 16.3. The summed E-state index contributed by atoms with van der Waals surface area (Å²) in [4.78, 5) is 8.71. The predicted octanol–water partition coefficient (Wildman–Crippen LogP) is 2.34. The van der Waals surface area contributed by atoms with Crippen LogP contribution in [0.5, 0.6) is 0 Å². The first-order valence-corrected chi connectivity index (χ1v) is 4.93. The quantitative estimate of drug-likeness (QED) is 0.831. The fourth-order valence-corrected chi connectivity index (χ4v) is 1.33. The Kier molecular flexibility index (Phi) is 2.67. The minimum Gasteiger partial charge on any atom is -0.463 e. The van der Waals surface area contributed by atoms with Gasteiger partial charge in [0, 0.05) is 19.5 Å². The van der Waals surface area contributed by atoms with E-state index in [4.69, 9.17) is 4.42 Å². The fraction of sp³-hybridized carbons (Fsp3) is 0.273. The molecule has 0 saturated heterocycles. The van der Waals surface area contributed by atoms with Crippen LogP contribution in [0.3, 0.4) is 0 Å². The van der Waals surface area contributed by atoms with E-state index in [1.807, 2.05) is 32.2 Å². The zero-order valence-corrected chi connectivity index (χ0v) is 8.82. The Morgan fingerprint density at radius 2 is 2.27 bits per heavy atom. The zero-order chi connectivity index (χ0) is 10.7. The summed E-state index contributed by atoms with van der Waals surface area (Å²) in [7, 11) is 1.84. The molecule has 4 nitrogen and oxygen atoms in total. The first kappa shape index (κ1) is 9.71. The van der Waals surface area contributed by atoms with Crippen molar-refractivity contribution in [3.8, 4) is 11.5 Å². The number of hydrogen-bond acceptors (Lipinski definition) is 4. The minimum atomic E-state index is 0.767. The third kappa shape index (κ3) is 1.98. The maximum Gasteiger partial charge on any atom is 0.152 e. The van der Waals surface area contributed by atoms with Crippen LogP contribution in [0.2, 0.25) is 0 Å². The maximum atomic E-state index is 5.30.